The first-order valence-electron chi connectivity index (χ1n) is 7.29. The van der Waals surface area contributed by atoms with E-state index in [9.17, 15) is 4.79 Å². The highest BCUT2D eigenvalue weighted by Crippen LogP contribution is 2.36. The lowest BCUT2D eigenvalue weighted by Crippen LogP contribution is -2.32. The molecule has 1 atom stereocenters. The number of hydrogen-bond donors (Lipinski definition) is 2. The summed E-state index contributed by atoms with van der Waals surface area (Å²) in [6.45, 7) is 1.71. The van der Waals surface area contributed by atoms with Crippen molar-refractivity contribution in [1.29, 1.82) is 0 Å². The van der Waals surface area contributed by atoms with Crippen molar-refractivity contribution in [2.45, 2.75) is 13.0 Å². The lowest BCUT2D eigenvalue weighted by molar-refractivity contribution is -0.116. The number of ether oxygens (including phenoxy) is 2. The second-order valence-electron chi connectivity index (χ2n) is 5.17. The van der Waals surface area contributed by atoms with Crippen LogP contribution in [-0.4, -0.2) is 26.2 Å². The van der Waals surface area contributed by atoms with Crippen molar-refractivity contribution in [2.75, 3.05) is 24.9 Å². The van der Waals surface area contributed by atoms with Crippen LogP contribution in [0.15, 0.2) is 30.3 Å². The summed E-state index contributed by atoms with van der Waals surface area (Å²) in [5, 5.41) is 7.05. The molecule has 8 heteroatoms. The van der Waals surface area contributed by atoms with Gasteiger partial charge in [0.1, 0.15) is 17.5 Å². The van der Waals surface area contributed by atoms with Gasteiger partial charge in [-0.2, -0.15) is 0 Å². The van der Waals surface area contributed by atoms with Crippen molar-refractivity contribution in [3.05, 3.63) is 45.4 Å². The number of halogens is 3. The quantitative estimate of drug-likeness (QED) is 0.704. The van der Waals surface area contributed by atoms with Gasteiger partial charge in [0.05, 0.1) is 35.6 Å². The predicted octanol–water partition coefficient (Wildman–Crippen LogP) is 5.10. The van der Waals surface area contributed by atoms with E-state index < -0.39 is 6.04 Å². The highest BCUT2D eigenvalue weighted by molar-refractivity contribution is 6.36. The van der Waals surface area contributed by atoms with Crippen molar-refractivity contribution in [2.24, 2.45) is 0 Å². The van der Waals surface area contributed by atoms with Crippen LogP contribution >= 0.6 is 34.8 Å². The predicted molar refractivity (Wildman–Crippen MR) is 103 cm³/mol. The summed E-state index contributed by atoms with van der Waals surface area (Å²) in [5.41, 5.74) is 1.04. The third kappa shape index (κ3) is 4.84. The van der Waals surface area contributed by atoms with Gasteiger partial charge >= 0.3 is 0 Å². The van der Waals surface area contributed by atoms with E-state index in [4.69, 9.17) is 44.3 Å². The van der Waals surface area contributed by atoms with Gasteiger partial charge in [0.15, 0.2) is 0 Å². The van der Waals surface area contributed by atoms with E-state index in [2.05, 4.69) is 10.6 Å². The molecule has 0 aliphatic heterocycles. The van der Waals surface area contributed by atoms with Crippen LogP contribution in [0.4, 0.5) is 11.4 Å². The zero-order chi connectivity index (χ0) is 18.6. The molecule has 2 rings (SSSR count). The van der Waals surface area contributed by atoms with Gasteiger partial charge in [0.25, 0.3) is 0 Å². The molecule has 1 amide bonds. The second-order valence-corrected chi connectivity index (χ2v) is 6.42. The smallest absolute Gasteiger partial charge is 0.246 e. The average Bonchev–Trinajstić information content (AvgIpc) is 2.57. The maximum atomic E-state index is 12.4. The fourth-order valence-electron chi connectivity index (χ4n) is 2.10. The Bertz CT molecular complexity index is 784. The fourth-order valence-corrected chi connectivity index (χ4v) is 2.80. The summed E-state index contributed by atoms with van der Waals surface area (Å²) in [6.07, 6.45) is 0. The molecule has 0 fully saturated rings. The summed E-state index contributed by atoms with van der Waals surface area (Å²) < 4.78 is 10.5. The molecule has 0 unspecified atom stereocenters. The average molecular weight is 404 g/mol. The normalized spacial score (nSPS) is 11.6. The van der Waals surface area contributed by atoms with Crippen LogP contribution in [0.1, 0.15) is 6.92 Å². The molecule has 2 aromatic rings. The number of carbonyl (C=O) groups excluding carboxylic acids is 1. The van der Waals surface area contributed by atoms with Gasteiger partial charge in [-0.3, -0.25) is 4.79 Å². The third-order valence-corrected chi connectivity index (χ3v) is 4.27. The molecule has 2 aromatic carbocycles. The lowest BCUT2D eigenvalue weighted by Gasteiger charge is -2.19. The number of anilines is 2. The van der Waals surface area contributed by atoms with E-state index in [1.165, 1.54) is 14.2 Å². The molecular formula is C17H17Cl3N2O3. The monoisotopic (exact) mass is 402 g/mol. The third-order valence-electron chi connectivity index (χ3n) is 3.43. The van der Waals surface area contributed by atoms with E-state index in [1.807, 2.05) is 0 Å². The summed E-state index contributed by atoms with van der Waals surface area (Å²) >= 11 is 18.1. The van der Waals surface area contributed by atoms with Crippen LogP contribution < -0.4 is 20.1 Å². The molecule has 0 aliphatic carbocycles. The minimum Gasteiger partial charge on any atom is -0.495 e. The molecule has 2 N–H and O–H groups in total. The number of nitrogens with one attached hydrogen (secondary N) is 2. The van der Waals surface area contributed by atoms with E-state index in [0.29, 0.717) is 37.9 Å². The van der Waals surface area contributed by atoms with E-state index in [-0.39, 0.29) is 5.91 Å². The summed E-state index contributed by atoms with van der Waals surface area (Å²) in [5.74, 6) is 0.706. The Labute approximate surface area is 161 Å². The first kappa shape index (κ1) is 19.5. The Morgan fingerprint density at radius 3 is 2.24 bits per heavy atom. The molecule has 0 saturated heterocycles. The molecule has 0 heterocycles. The number of amides is 1. The number of carbonyl (C=O) groups is 1. The lowest BCUT2D eigenvalue weighted by atomic mass is 10.2. The van der Waals surface area contributed by atoms with Crippen LogP contribution in [0.2, 0.25) is 15.1 Å². The number of benzene rings is 2. The summed E-state index contributed by atoms with van der Waals surface area (Å²) in [7, 11) is 3.03. The van der Waals surface area contributed by atoms with Crippen molar-refractivity contribution in [1.82, 2.24) is 0 Å². The Hall–Kier alpha value is -1.82. The first-order valence-corrected chi connectivity index (χ1v) is 8.43. The van der Waals surface area contributed by atoms with E-state index in [0.717, 1.165) is 0 Å². The van der Waals surface area contributed by atoms with Crippen molar-refractivity contribution in [3.8, 4) is 11.5 Å². The maximum absolute atomic E-state index is 12.4. The molecule has 5 nitrogen and oxygen atoms in total. The second kappa shape index (κ2) is 8.52. The molecule has 0 aliphatic rings. The van der Waals surface area contributed by atoms with Gasteiger partial charge in [-0.25, -0.2) is 0 Å². The van der Waals surface area contributed by atoms with Crippen molar-refractivity contribution >= 4 is 52.1 Å². The number of rotatable bonds is 6. The Morgan fingerprint density at radius 2 is 1.64 bits per heavy atom. The molecule has 0 bridgehead atoms. The molecule has 0 aromatic heterocycles. The van der Waals surface area contributed by atoms with Gasteiger partial charge < -0.3 is 20.1 Å². The molecule has 0 saturated carbocycles. The maximum Gasteiger partial charge on any atom is 0.246 e. The van der Waals surface area contributed by atoms with Crippen LogP contribution in [0.5, 0.6) is 11.5 Å². The highest BCUT2D eigenvalue weighted by Gasteiger charge is 2.18. The van der Waals surface area contributed by atoms with Crippen molar-refractivity contribution < 1.29 is 14.3 Å². The number of methoxy groups -OCH3 is 2. The molecule has 25 heavy (non-hydrogen) atoms. The SMILES string of the molecule is COc1cc(OC)c(N[C@H](C)C(=O)Nc2ccc(Cl)cc2Cl)cc1Cl. The van der Waals surface area contributed by atoms with Gasteiger partial charge in [0, 0.05) is 11.1 Å². The van der Waals surface area contributed by atoms with Crippen LogP contribution in [0.3, 0.4) is 0 Å². The van der Waals surface area contributed by atoms with Gasteiger partial charge in [-0.15, -0.1) is 0 Å². The minimum absolute atomic E-state index is 0.279. The van der Waals surface area contributed by atoms with Gasteiger partial charge in [-0.1, -0.05) is 34.8 Å². The molecule has 0 radical (unpaired) electrons. The van der Waals surface area contributed by atoms with Gasteiger partial charge in [-0.05, 0) is 31.2 Å². The largest absolute Gasteiger partial charge is 0.495 e. The molecule has 0 spiro atoms. The Balaban J connectivity index is 2.14. The van der Waals surface area contributed by atoms with E-state index in [1.54, 1.807) is 37.3 Å². The first-order chi connectivity index (χ1) is 11.8. The standard InChI is InChI=1S/C17H17Cl3N2O3/c1-9(17(23)22-13-5-4-10(18)6-11(13)19)21-14-7-12(20)15(24-2)8-16(14)25-3/h4-9,21H,1-3H3,(H,22,23)/t9-/m1/s1. The van der Waals surface area contributed by atoms with Crippen molar-refractivity contribution in [3.63, 3.8) is 0 Å². The molecule has 134 valence electrons. The molecular weight excluding hydrogens is 387 g/mol. The Morgan fingerprint density at radius 1 is 0.960 bits per heavy atom. The van der Waals surface area contributed by atoms with Crippen LogP contribution in [0, 0.1) is 0 Å². The van der Waals surface area contributed by atoms with Crippen LogP contribution in [-0.2, 0) is 4.79 Å². The topological polar surface area (TPSA) is 59.6 Å². The van der Waals surface area contributed by atoms with Crippen LogP contribution in [0.25, 0.3) is 0 Å². The summed E-state index contributed by atoms with van der Waals surface area (Å²) in [6, 6.07) is 7.55. The summed E-state index contributed by atoms with van der Waals surface area (Å²) in [4.78, 5) is 12.4. The van der Waals surface area contributed by atoms with E-state index >= 15 is 0 Å². The zero-order valence-electron chi connectivity index (χ0n) is 13.8. The number of hydrogen-bond acceptors (Lipinski definition) is 4. The van der Waals surface area contributed by atoms with Gasteiger partial charge in [0.2, 0.25) is 5.91 Å². The minimum atomic E-state index is -0.579. The zero-order valence-corrected chi connectivity index (χ0v) is 16.1. The Kier molecular flexibility index (Phi) is 6.64. The fraction of sp³-hybridized carbons (Fsp3) is 0.235. The highest BCUT2D eigenvalue weighted by atomic mass is 35.5.